The van der Waals surface area contributed by atoms with Crippen LogP contribution in [0.15, 0.2) is 42.9 Å². The summed E-state index contributed by atoms with van der Waals surface area (Å²) in [6.45, 7) is 1.26. The van der Waals surface area contributed by atoms with Crippen LogP contribution in [0.5, 0.6) is 0 Å². The summed E-state index contributed by atoms with van der Waals surface area (Å²) in [6.07, 6.45) is 5.02. The Labute approximate surface area is 138 Å². The summed E-state index contributed by atoms with van der Waals surface area (Å²) in [4.78, 5) is 33.5. The molecule has 0 spiro atoms. The van der Waals surface area contributed by atoms with Gasteiger partial charge >= 0.3 is 0 Å². The van der Waals surface area contributed by atoms with Crippen molar-refractivity contribution in [3.05, 3.63) is 59.9 Å². The Hall–Kier alpha value is -2.83. The number of rotatable bonds is 5. The molecule has 2 amide bonds. The van der Waals surface area contributed by atoms with Crippen LogP contribution < -0.4 is 5.32 Å². The van der Waals surface area contributed by atoms with Crippen molar-refractivity contribution in [2.75, 3.05) is 19.6 Å². The standard InChI is InChI=1S/C17H17FN4O2/c18-14-3-1-12(2-4-14)5-6-21-16(23)13-10-22(11-13)17(24)15-9-19-7-8-20-15/h1-4,7-9,13H,5-6,10-11H2,(H,21,23). The van der Waals surface area contributed by atoms with Crippen LogP contribution in [0.3, 0.4) is 0 Å². The minimum atomic E-state index is -0.273. The lowest BCUT2D eigenvalue weighted by atomic mass is 9.98. The fraction of sp³-hybridized carbons (Fsp3) is 0.294. The molecule has 2 heterocycles. The number of halogens is 1. The van der Waals surface area contributed by atoms with Crippen molar-refractivity contribution in [2.45, 2.75) is 6.42 Å². The molecule has 1 aromatic carbocycles. The average Bonchev–Trinajstić information content (AvgIpc) is 2.56. The first kappa shape index (κ1) is 16.0. The van der Waals surface area contributed by atoms with E-state index in [1.165, 1.54) is 30.7 Å². The van der Waals surface area contributed by atoms with Gasteiger partial charge in [-0.05, 0) is 24.1 Å². The molecule has 0 saturated carbocycles. The van der Waals surface area contributed by atoms with Gasteiger partial charge in [-0.1, -0.05) is 12.1 Å². The fourth-order valence-electron chi connectivity index (χ4n) is 2.51. The van der Waals surface area contributed by atoms with Crippen LogP contribution in [-0.2, 0) is 11.2 Å². The number of nitrogens with one attached hydrogen (secondary N) is 1. The van der Waals surface area contributed by atoms with Gasteiger partial charge < -0.3 is 10.2 Å². The summed E-state index contributed by atoms with van der Waals surface area (Å²) < 4.78 is 12.8. The molecule has 1 saturated heterocycles. The molecule has 24 heavy (non-hydrogen) atoms. The maximum Gasteiger partial charge on any atom is 0.274 e. The van der Waals surface area contributed by atoms with E-state index in [9.17, 15) is 14.0 Å². The number of likely N-dealkylation sites (tertiary alicyclic amines) is 1. The van der Waals surface area contributed by atoms with Crippen molar-refractivity contribution in [3.8, 4) is 0 Å². The predicted molar refractivity (Wildman–Crippen MR) is 84.5 cm³/mol. The van der Waals surface area contributed by atoms with Crippen LogP contribution >= 0.6 is 0 Å². The van der Waals surface area contributed by atoms with Crippen LogP contribution in [0.4, 0.5) is 4.39 Å². The molecule has 0 radical (unpaired) electrons. The second-order valence-electron chi connectivity index (χ2n) is 5.67. The van der Waals surface area contributed by atoms with Crippen LogP contribution in [0, 0.1) is 11.7 Å². The molecule has 0 bridgehead atoms. The zero-order valence-electron chi connectivity index (χ0n) is 13.0. The van der Waals surface area contributed by atoms with E-state index in [4.69, 9.17) is 0 Å². The van der Waals surface area contributed by atoms with Gasteiger partial charge in [-0.2, -0.15) is 0 Å². The Morgan fingerprint density at radius 1 is 1.21 bits per heavy atom. The van der Waals surface area contributed by atoms with E-state index in [-0.39, 0.29) is 29.2 Å². The molecular formula is C17H17FN4O2. The third-order valence-corrected chi connectivity index (χ3v) is 3.95. The van der Waals surface area contributed by atoms with E-state index in [2.05, 4.69) is 15.3 Å². The number of hydrogen-bond donors (Lipinski definition) is 1. The second-order valence-corrected chi connectivity index (χ2v) is 5.67. The van der Waals surface area contributed by atoms with E-state index >= 15 is 0 Å². The molecule has 1 aliphatic rings. The normalized spacial score (nSPS) is 14.1. The van der Waals surface area contributed by atoms with Crippen LogP contribution in [-0.4, -0.2) is 46.3 Å². The lowest BCUT2D eigenvalue weighted by molar-refractivity contribution is -0.128. The van der Waals surface area contributed by atoms with Crippen LogP contribution in [0.25, 0.3) is 0 Å². The number of amides is 2. The predicted octanol–water partition coefficient (Wildman–Crippen LogP) is 1.05. The highest BCUT2D eigenvalue weighted by atomic mass is 19.1. The lowest BCUT2D eigenvalue weighted by Gasteiger charge is -2.37. The summed E-state index contributed by atoms with van der Waals surface area (Å²) in [5.41, 5.74) is 1.25. The smallest absolute Gasteiger partial charge is 0.274 e. The molecule has 0 aliphatic carbocycles. The maximum absolute atomic E-state index is 12.8. The highest BCUT2D eigenvalue weighted by Crippen LogP contribution is 2.17. The maximum atomic E-state index is 12.8. The Morgan fingerprint density at radius 3 is 2.62 bits per heavy atom. The first-order valence-electron chi connectivity index (χ1n) is 7.71. The first-order chi connectivity index (χ1) is 11.6. The number of carbonyl (C=O) groups excluding carboxylic acids is 2. The average molecular weight is 328 g/mol. The summed E-state index contributed by atoms with van der Waals surface area (Å²) >= 11 is 0. The third-order valence-electron chi connectivity index (χ3n) is 3.95. The van der Waals surface area contributed by atoms with Crippen LogP contribution in [0.2, 0.25) is 0 Å². The molecule has 124 valence electrons. The third kappa shape index (κ3) is 3.73. The van der Waals surface area contributed by atoms with E-state index in [0.29, 0.717) is 26.1 Å². The highest BCUT2D eigenvalue weighted by Gasteiger charge is 2.36. The zero-order chi connectivity index (χ0) is 16.9. The molecule has 7 heteroatoms. The molecule has 2 aromatic rings. The highest BCUT2D eigenvalue weighted by molar-refractivity contribution is 5.94. The van der Waals surface area contributed by atoms with Gasteiger partial charge in [-0.3, -0.25) is 14.6 Å². The molecule has 3 rings (SSSR count). The minimum Gasteiger partial charge on any atom is -0.355 e. The van der Waals surface area contributed by atoms with Crippen molar-refractivity contribution < 1.29 is 14.0 Å². The van der Waals surface area contributed by atoms with Crippen molar-refractivity contribution in [3.63, 3.8) is 0 Å². The topological polar surface area (TPSA) is 75.2 Å². The Kier molecular flexibility index (Phi) is 4.79. The molecule has 6 nitrogen and oxygen atoms in total. The molecule has 1 N–H and O–H groups in total. The van der Waals surface area contributed by atoms with E-state index in [1.54, 1.807) is 17.0 Å². The number of aromatic nitrogens is 2. The van der Waals surface area contributed by atoms with Gasteiger partial charge in [0.1, 0.15) is 11.5 Å². The number of nitrogens with zero attached hydrogens (tertiary/aromatic N) is 3. The monoisotopic (exact) mass is 328 g/mol. The van der Waals surface area contributed by atoms with Crippen molar-refractivity contribution >= 4 is 11.8 Å². The second kappa shape index (κ2) is 7.16. The van der Waals surface area contributed by atoms with Gasteiger partial charge in [0, 0.05) is 32.0 Å². The van der Waals surface area contributed by atoms with Crippen molar-refractivity contribution in [1.82, 2.24) is 20.2 Å². The van der Waals surface area contributed by atoms with Gasteiger partial charge in [0.25, 0.3) is 5.91 Å². The summed E-state index contributed by atoms with van der Waals surface area (Å²) in [7, 11) is 0. The number of hydrogen-bond acceptors (Lipinski definition) is 4. The summed E-state index contributed by atoms with van der Waals surface area (Å²) in [5.74, 6) is -0.747. The largest absolute Gasteiger partial charge is 0.355 e. The Balaban J connectivity index is 1.40. The molecule has 0 unspecified atom stereocenters. The fourth-order valence-corrected chi connectivity index (χ4v) is 2.51. The minimum absolute atomic E-state index is 0.0692. The molecule has 1 fully saturated rings. The van der Waals surface area contributed by atoms with E-state index < -0.39 is 0 Å². The van der Waals surface area contributed by atoms with Gasteiger partial charge in [0.15, 0.2) is 0 Å². The van der Waals surface area contributed by atoms with Crippen molar-refractivity contribution in [1.29, 1.82) is 0 Å². The zero-order valence-corrected chi connectivity index (χ0v) is 13.0. The Bertz CT molecular complexity index is 715. The van der Waals surface area contributed by atoms with E-state index in [1.807, 2.05) is 0 Å². The quantitative estimate of drug-likeness (QED) is 0.890. The van der Waals surface area contributed by atoms with Gasteiger partial charge in [-0.15, -0.1) is 0 Å². The SMILES string of the molecule is O=C(NCCc1ccc(F)cc1)C1CN(C(=O)c2cnccn2)C1. The molecular weight excluding hydrogens is 311 g/mol. The van der Waals surface area contributed by atoms with Gasteiger partial charge in [0.05, 0.1) is 12.1 Å². The summed E-state index contributed by atoms with van der Waals surface area (Å²) in [5, 5.41) is 2.85. The molecule has 1 aliphatic heterocycles. The van der Waals surface area contributed by atoms with Crippen molar-refractivity contribution in [2.24, 2.45) is 5.92 Å². The Morgan fingerprint density at radius 2 is 1.96 bits per heavy atom. The number of benzene rings is 1. The van der Waals surface area contributed by atoms with Crippen LogP contribution in [0.1, 0.15) is 16.1 Å². The molecule has 0 atom stereocenters. The summed E-state index contributed by atoms with van der Waals surface area (Å²) in [6, 6.07) is 6.20. The molecule has 1 aromatic heterocycles. The van der Waals surface area contributed by atoms with E-state index in [0.717, 1.165) is 5.56 Å². The van der Waals surface area contributed by atoms with Gasteiger partial charge in [0.2, 0.25) is 5.91 Å². The number of carbonyl (C=O) groups is 2. The lowest BCUT2D eigenvalue weighted by Crippen LogP contribution is -2.56. The van der Waals surface area contributed by atoms with Gasteiger partial charge in [-0.25, -0.2) is 9.37 Å². The first-order valence-corrected chi connectivity index (χ1v) is 7.71.